The minimum atomic E-state index is -0.219. The van der Waals surface area contributed by atoms with E-state index in [4.69, 9.17) is 53.4 Å². The average molecular weight is 1060 g/mol. The van der Waals surface area contributed by atoms with Crippen LogP contribution in [0, 0.1) is 7.91 Å². The highest BCUT2D eigenvalue weighted by molar-refractivity contribution is 8.17. The number of aliphatic imine (C=N–C) groups is 2. The van der Waals surface area contributed by atoms with Gasteiger partial charge in [0.15, 0.2) is 18.2 Å². The normalized spacial score (nSPS) is 16.4. The van der Waals surface area contributed by atoms with E-state index in [9.17, 15) is 0 Å². The van der Waals surface area contributed by atoms with E-state index in [1.807, 2.05) is 48.5 Å². The zero-order valence-electron chi connectivity index (χ0n) is 39.3. The van der Waals surface area contributed by atoms with E-state index in [1.165, 1.54) is 11.1 Å². The molecule has 10 nitrogen and oxygen atoms in total. The van der Waals surface area contributed by atoms with Crippen LogP contribution in [0.25, 0.3) is 22.8 Å². The van der Waals surface area contributed by atoms with Gasteiger partial charge >= 0.3 is 0 Å². The van der Waals surface area contributed by atoms with Crippen molar-refractivity contribution in [3.05, 3.63) is 207 Å². The van der Waals surface area contributed by atoms with Gasteiger partial charge in [0, 0.05) is 22.2 Å². The number of thioether (sulfide) groups is 2. The lowest BCUT2D eigenvalue weighted by Gasteiger charge is -2.31. The summed E-state index contributed by atoms with van der Waals surface area (Å²) in [7, 11) is 6.75. The summed E-state index contributed by atoms with van der Waals surface area (Å²) >= 11 is 19.0. The van der Waals surface area contributed by atoms with Crippen molar-refractivity contribution in [2.45, 2.75) is 24.9 Å². The minimum Gasteiger partial charge on any atom is -0.497 e. The molecular formula is C56H44N6O4S6. The predicted molar refractivity (Wildman–Crippen MR) is 303 cm³/mol. The molecule has 2 atom stereocenters. The van der Waals surface area contributed by atoms with Crippen LogP contribution in [-0.2, 0) is 12.8 Å². The first-order valence-corrected chi connectivity index (χ1v) is 27.3. The summed E-state index contributed by atoms with van der Waals surface area (Å²) in [6.45, 7) is 0. The van der Waals surface area contributed by atoms with Crippen LogP contribution >= 0.6 is 70.6 Å². The molecule has 0 saturated heterocycles. The zero-order chi connectivity index (χ0) is 49.0. The molecule has 4 aliphatic heterocycles. The molecular weight excluding hydrogens is 1010 g/mol. The van der Waals surface area contributed by atoms with Gasteiger partial charge < -0.3 is 18.9 Å². The number of amidine groups is 2. The fraction of sp³-hybridized carbons (Fsp3) is 0.143. The molecule has 12 rings (SSSR count). The van der Waals surface area contributed by atoms with Gasteiger partial charge in [-0.2, -0.15) is 0 Å². The Hall–Kier alpha value is -6.66. The predicted octanol–water partition coefficient (Wildman–Crippen LogP) is 14.7. The molecule has 4 aliphatic rings. The molecule has 2 unspecified atom stereocenters. The lowest BCUT2D eigenvalue weighted by molar-refractivity contribution is 0.414. The third-order valence-electron chi connectivity index (χ3n) is 13.2. The third kappa shape index (κ3) is 8.29. The maximum absolute atomic E-state index is 6.23. The highest BCUT2D eigenvalue weighted by Crippen LogP contribution is 2.52. The SMILES string of the molecule is COc1ccc(C2=CSC3=NC(c4ccc(OC)cc4)c4sc(=S)n(-c5ccc(CCc6ccc(-n7c8c(sc7=S)C(c7ccc(OC)cc7)N=C7SC=C(c9ccc(OC)cc9)N78)cc6)cc5)c4N23)cc1. The van der Waals surface area contributed by atoms with E-state index in [0.29, 0.717) is 0 Å². The minimum absolute atomic E-state index is 0.219. The van der Waals surface area contributed by atoms with Gasteiger partial charge in [-0.1, -0.05) is 72.1 Å². The smallest absolute Gasteiger partial charge is 0.174 e. The summed E-state index contributed by atoms with van der Waals surface area (Å²) in [5.41, 5.74) is 10.9. The highest BCUT2D eigenvalue weighted by Gasteiger charge is 2.40. The van der Waals surface area contributed by atoms with E-state index < -0.39 is 0 Å². The highest BCUT2D eigenvalue weighted by atomic mass is 32.2. The van der Waals surface area contributed by atoms with E-state index in [0.717, 1.165) is 120 Å². The number of nitrogens with zero attached hydrogens (tertiary/aromatic N) is 6. The van der Waals surface area contributed by atoms with E-state index in [-0.39, 0.29) is 12.1 Å². The number of fused-ring (bicyclic) bond motifs is 6. The molecule has 0 aliphatic carbocycles. The maximum Gasteiger partial charge on any atom is 0.174 e. The zero-order valence-corrected chi connectivity index (χ0v) is 44.2. The van der Waals surface area contributed by atoms with Crippen molar-refractivity contribution in [3.63, 3.8) is 0 Å². The number of anilines is 2. The van der Waals surface area contributed by atoms with Crippen molar-refractivity contribution >= 4 is 104 Å². The molecule has 2 aromatic heterocycles. The molecule has 0 fully saturated rings. The Bertz CT molecular complexity index is 3370. The third-order valence-corrected chi connectivity index (χ3v) is 17.7. The van der Waals surface area contributed by atoms with Crippen LogP contribution in [-0.4, -0.2) is 47.9 Å². The molecule has 8 aromatic rings. The summed E-state index contributed by atoms with van der Waals surface area (Å²) in [5.74, 6) is 5.25. The van der Waals surface area contributed by atoms with Crippen LogP contribution in [0.3, 0.4) is 0 Å². The second-order valence-electron chi connectivity index (χ2n) is 17.2. The molecule has 0 saturated carbocycles. The van der Waals surface area contributed by atoms with E-state index in [2.05, 4.69) is 127 Å². The number of aromatic nitrogens is 2. The van der Waals surface area contributed by atoms with Gasteiger partial charge in [0.2, 0.25) is 0 Å². The van der Waals surface area contributed by atoms with Crippen molar-refractivity contribution in [2.75, 3.05) is 38.2 Å². The van der Waals surface area contributed by atoms with Gasteiger partial charge in [-0.3, -0.25) is 18.9 Å². The number of aryl methyl sites for hydroxylation is 2. The molecule has 72 heavy (non-hydrogen) atoms. The Labute approximate surface area is 443 Å². The number of hydrogen-bond acceptors (Lipinski definition) is 14. The maximum atomic E-state index is 6.23. The fourth-order valence-electron chi connectivity index (χ4n) is 9.41. The van der Waals surface area contributed by atoms with Crippen LogP contribution in [0.1, 0.15) is 55.2 Å². The quantitative estimate of drug-likeness (QED) is 0.104. The van der Waals surface area contributed by atoms with Gasteiger partial charge in [-0.15, -0.1) is 22.7 Å². The summed E-state index contributed by atoms with van der Waals surface area (Å²) in [6, 6.07) is 50.0. The van der Waals surface area contributed by atoms with Crippen LogP contribution in [0.2, 0.25) is 0 Å². The first-order chi connectivity index (χ1) is 35.3. The first-order valence-electron chi connectivity index (χ1n) is 23.1. The first kappa shape index (κ1) is 46.4. The second-order valence-corrected chi connectivity index (χ2v) is 22.2. The molecule has 0 N–H and O–H groups in total. The molecule has 358 valence electrons. The Kier molecular flexibility index (Phi) is 12.5. The van der Waals surface area contributed by atoms with Crippen LogP contribution in [0.15, 0.2) is 166 Å². The van der Waals surface area contributed by atoms with Gasteiger partial charge in [0.05, 0.1) is 49.6 Å². The number of rotatable bonds is 13. The van der Waals surface area contributed by atoms with Gasteiger partial charge in [0.1, 0.15) is 46.7 Å². The number of thiazole rings is 2. The molecule has 0 amide bonds. The average Bonchev–Trinajstić information content (AvgIpc) is 4.23. The van der Waals surface area contributed by atoms with Gasteiger partial charge in [-0.25, -0.2) is 9.98 Å². The van der Waals surface area contributed by atoms with Crippen LogP contribution in [0.4, 0.5) is 11.6 Å². The largest absolute Gasteiger partial charge is 0.497 e. The van der Waals surface area contributed by atoms with Gasteiger partial charge in [0.25, 0.3) is 0 Å². The number of methoxy groups -OCH3 is 4. The van der Waals surface area contributed by atoms with Gasteiger partial charge in [-0.05, 0) is 168 Å². The molecule has 0 bridgehead atoms. The Balaban J connectivity index is 0.827. The molecule has 0 spiro atoms. The van der Waals surface area contributed by atoms with E-state index in [1.54, 1.807) is 74.6 Å². The molecule has 6 heterocycles. The lowest BCUT2D eigenvalue weighted by Crippen LogP contribution is -2.30. The number of benzene rings is 6. The molecule has 6 aromatic carbocycles. The summed E-state index contributed by atoms with van der Waals surface area (Å²) in [4.78, 5) is 17.4. The second kappa shape index (κ2) is 19.4. The summed E-state index contributed by atoms with van der Waals surface area (Å²) < 4.78 is 27.9. The van der Waals surface area contributed by atoms with Crippen molar-refractivity contribution in [2.24, 2.45) is 9.98 Å². The topological polar surface area (TPSA) is 78.0 Å². The fourth-order valence-corrected chi connectivity index (χ4v) is 14.3. The summed E-state index contributed by atoms with van der Waals surface area (Å²) in [6.07, 6.45) is 1.74. The molecule has 0 radical (unpaired) electrons. The van der Waals surface area contributed by atoms with Crippen molar-refractivity contribution in [3.8, 4) is 34.4 Å². The number of hydrogen-bond donors (Lipinski definition) is 0. The number of ether oxygens (including phenoxy) is 4. The van der Waals surface area contributed by atoms with Crippen LogP contribution in [0.5, 0.6) is 23.0 Å². The molecule has 16 heteroatoms. The Morgan fingerprint density at radius 3 is 1.11 bits per heavy atom. The lowest BCUT2D eigenvalue weighted by atomic mass is 10.0. The summed E-state index contributed by atoms with van der Waals surface area (Å²) in [5, 5.41) is 6.16. The van der Waals surface area contributed by atoms with Crippen molar-refractivity contribution in [1.82, 2.24) is 9.13 Å². The Morgan fingerprint density at radius 2 is 0.778 bits per heavy atom. The Morgan fingerprint density at radius 1 is 0.444 bits per heavy atom. The standard InChI is InChI=1S/C56H44N6O4S6/c1-63-41-23-11-35(12-24-41)45-31-69-53-57-47(37-15-27-43(65-3)28-16-37)49-51(61(45)53)59(55(67)71-49)39-19-7-33(8-20-39)5-6-34-9-21-40(22-10-34)60-52-50(72-56(60)68)48(38-17-29-44(66-4)30-18-38)58-54-62(52)46(32-70-54)36-13-25-42(64-2)26-14-36/h7-32,47-48H,5-6H2,1-4H3. The van der Waals surface area contributed by atoms with Crippen molar-refractivity contribution in [1.29, 1.82) is 0 Å². The van der Waals surface area contributed by atoms with E-state index >= 15 is 0 Å². The van der Waals surface area contributed by atoms with Crippen LogP contribution < -0.4 is 28.7 Å². The monoisotopic (exact) mass is 1060 g/mol. The van der Waals surface area contributed by atoms with Crippen molar-refractivity contribution < 1.29 is 18.9 Å².